The molecule has 2 atom stereocenters. The number of hydrogen-bond donors (Lipinski definition) is 1. The van der Waals surface area contributed by atoms with E-state index in [1.165, 1.54) is 11.3 Å². The van der Waals surface area contributed by atoms with Gasteiger partial charge in [-0.25, -0.2) is 0 Å². The molecule has 6 heteroatoms. The van der Waals surface area contributed by atoms with Gasteiger partial charge in [0, 0.05) is 4.88 Å². The van der Waals surface area contributed by atoms with Crippen molar-refractivity contribution in [3.05, 3.63) is 22.4 Å². The zero-order valence-corrected chi connectivity index (χ0v) is 12.3. The molecule has 0 aliphatic rings. The number of carbonyl (C=O) groups excluding carboxylic acids is 1. The summed E-state index contributed by atoms with van der Waals surface area (Å²) in [6, 6.07) is 5.40. The van der Waals surface area contributed by atoms with Crippen molar-refractivity contribution in [2.75, 3.05) is 0 Å². The molecule has 0 aromatic carbocycles. The van der Waals surface area contributed by atoms with Gasteiger partial charge in [-0.05, 0) is 24.8 Å². The number of rotatable bonds is 7. The molecule has 0 bridgehead atoms. The number of carbonyl (C=O) groups is 2. The molecule has 2 unspecified atom stereocenters. The fraction of sp³-hybridized carbons (Fsp3) is 0.500. The number of carboxylic acids is 1. The number of nitriles is 1. The third kappa shape index (κ3) is 4.07. The Kier molecular flexibility index (Phi) is 5.71. The lowest BCUT2D eigenvalue weighted by Crippen LogP contribution is -2.31. The molecular weight excluding hydrogens is 278 g/mol. The monoisotopic (exact) mass is 295 g/mol. The summed E-state index contributed by atoms with van der Waals surface area (Å²) in [5, 5.41) is 20.2. The van der Waals surface area contributed by atoms with Crippen molar-refractivity contribution in [3.8, 4) is 6.07 Å². The fourth-order valence-corrected chi connectivity index (χ4v) is 2.65. The second-order valence-corrected chi connectivity index (χ2v) is 5.57. The van der Waals surface area contributed by atoms with Crippen LogP contribution in [0.3, 0.4) is 0 Å². The van der Waals surface area contributed by atoms with Crippen molar-refractivity contribution in [2.24, 2.45) is 0 Å². The largest absolute Gasteiger partial charge is 0.481 e. The van der Waals surface area contributed by atoms with Gasteiger partial charge in [0.15, 0.2) is 0 Å². The molecule has 1 aromatic rings. The van der Waals surface area contributed by atoms with E-state index in [1.807, 2.05) is 13.0 Å². The molecule has 0 spiro atoms. The van der Waals surface area contributed by atoms with E-state index in [4.69, 9.17) is 9.84 Å². The first-order valence-corrected chi connectivity index (χ1v) is 7.18. The Balaban J connectivity index is 2.97. The first-order valence-electron chi connectivity index (χ1n) is 6.30. The van der Waals surface area contributed by atoms with Gasteiger partial charge in [-0.2, -0.15) is 5.26 Å². The molecule has 1 N–H and O–H groups in total. The molecule has 5 nitrogen and oxygen atoms in total. The summed E-state index contributed by atoms with van der Waals surface area (Å²) in [7, 11) is 0. The van der Waals surface area contributed by atoms with Crippen molar-refractivity contribution >= 4 is 23.3 Å². The topological polar surface area (TPSA) is 87.4 Å². The standard InChI is InChI=1S/C14H17NO4S/c1-3-10(2)19-13(18)8-14(9-15,7-12(16)17)11-5-4-6-20-11/h4-6,10H,3,7-8H2,1-2H3,(H,16,17). The number of carboxylic acid groups (broad SMARTS) is 1. The van der Waals surface area contributed by atoms with E-state index in [0.29, 0.717) is 11.3 Å². The molecule has 0 radical (unpaired) electrons. The summed E-state index contributed by atoms with van der Waals surface area (Å²) in [4.78, 5) is 23.5. The maximum absolute atomic E-state index is 11.9. The molecule has 0 saturated carbocycles. The van der Waals surface area contributed by atoms with Crippen LogP contribution in [0.25, 0.3) is 0 Å². The molecular formula is C14H17NO4S. The molecule has 0 saturated heterocycles. The van der Waals surface area contributed by atoms with E-state index < -0.39 is 23.8 Å². The lowest BCUT2D eigenvalue weighted by atomic mass is 9.81. The summed E-state index contributed by atoms with van der Waals surface area (Å²) in [5.41, 5.74) is -1.36. The lowest BCUT2D eigenvalue weighted by Gasteiger charge is -2.23. The fourth-order valence-electron chi connectivity index (χ4n) is 1.78. The maximum atomic E-state index is 11.9. The van der Waals surface area contributed by atoms with Crippen LogP contribution in [0.1, 0.15) is 38.0 Å². The zero-order chi connectivity index (χ0) is 15.2. The SMILES string of the molecule is CCC(C)OC(=O)CC(C#N)(CC(=O)O)c1cccs1. The molecule has 0 aliphatic heterocycles. The minimum atomic E-state index is -1.36. The first-order chi connectivity index (χ1) is 9.43. The van der Waals surface area contributed by atoms with Gasteiger partial charge in [0.25, 0.3) is 0 Å². The van der Waals surface area contributed by atoms with Crippen LogP contribution in [0.2, 0.25) is 0 Å². The Morgan fingerprint density at radius 1 is 1.55 bits per heavy atom. The number of aliphatic carboxylic acids is 1. The zero-order valence-electron chi connectivity index (χ0n) is 11.5. The van der Waals surface area contributed by atoms with Gasteiger partial charge in [-0.3, -0.25) is 9.59 Å². The smallest absolute Gasteiger partial charge is 0.308 e. The van der Waals surface area contributed by atoms with E-state index in [2.05, 4.69) is 0 Å². The lowest BCUT2D eigenvalue weighted by molar-refractivity contribution is -0.149. The molecule has 1 heterocycles. The number of esters is 1. The summed E-state index contributed by atoms with van der Waals surface area (Å²) >= 11 is 1.27. The van der Waals surface area contributed by atoms with E-state index in [-0.39, 0.29) is 12.5 Å². The number of ether oxygens (including phenoxy) is 1. The van der Waals surface area contributed by atoms with Crippen molar-refractivity contribution in [2.45, 2.75) is 44.6 Å². The molecule has 1 aromatic heterocycles. The van der Waals surface area contributed by atoms with E-state index >= 15 is 0 Å². The van der Waals surface area contributed by atoms with Gasteiger partial charge in [0.05, 0.1) is 25.0 Å². The van der Waals surface area contributed by atoms with E-state index in [0.717, 1.165) is 0 Å². The maximum Gasteiger partial charge on any atom is 0.308 e. The number of hydrogen-bond acceptors (Lipinski definition) is 5. The van der Waals surface area contributed by atoms with Crippen LogP contribution in [0.5, 0.6) is 0 Å². The van der Waals surface area contributed by atoms with Crippen LogP contribution in [-0.2, 0) is 19.7 Å². The van der Waals surface area contributed by atoms with Crippen LogP contribution >= 0.6 is 11.3 Å². The highest BCUT2D eigenvalue weighted by Crippen LogP contribution is 2.35. The van der Waals surface area contributed by atoms with Crippen molar-refractivity contribution < 1.29 is 19.4 Å². The van der Waals surface area contributed by atoms with E-state index in [9.17, 15) is 14.9 Å². The minimum absolute atomic E-state index is 0.243. The highest BCUT2D eigenvalue weighted by atomic mass is 32.1. The molecule has 0 aliphatic carbocycles. The minimum Gasteiger partial charge on any atom is -0.481 e. The molecule has 1 rings (SSSR count). The summed E-state index contributed by atoms with van der Waals surface area (Å²) in [6.07, 6.45) is -0.240. The Morgan fingerprint density at radius 2 is 2.25 bits per heavy atom. The molecule has 0 fully saturated rings. The predicted molar refractivity (Wildman–Crippen MR) is 74.3 cm³/mol. The van der Waals surface area contributed by atoms with E-state index in [1.54, 1.807) is 24.4 Å². The normalized spacial score (nSPS) is 14.8. The second kappa shape index (κ2) is 7.06. The van der Waals surface area contributed by atoms with Gasteiger partial charge >= 0.3 is 11.9 Å². The van der Waals surface area contributed by atoms with Crippen LogP contribution < -0.4 is 0 Å². The average molecular weight is 295 g/mol. The van der Waals surface area contributed by atoms with Gasteiger partial charge in [-0.15, -0.1) is 11.3 Å². The van der Waals surface area contributed by atoms with Crippen LogP contribution in [-0.4, -0.2) is 23.1 Å². The first kappa shape index (κ1) is 16.2. The third-order valence-corrected chi connectivity index (χ3v) is 4.09. The van der Waals surface area contributed by atoms with Crippen molar-refractivity contribution in [1.82, 2.24) is 0 Å². The average Bonchev–Trinajstić information content (AvgIpc) is 2.91. The molecule has 20 heavy (non-hydrogen) atoms. The molecule has 0 amide bonds. The van der Waals surface area contributed by atoms with Gasteiger partial charge in [-0.1, -0.05) is 13.0 Å². The van der Waals surface area contributed by atoms with Crippen LogP contribution in [0.4, 0.5) is 0 Å². The summed E-state index contributed by atoms with van der Waals surface area (Å²) < 4.78 is 5.16. The Bertz CT molecular complexity index is 506. The Labute approximate surface area is 121 Å². The Hall–Kier alpha value is -1.87. The summed E-state index contributed by atoms with van der Waals surface area (Å²) in [6.45, 7) is 3.64. The van der Waals surface area contributed by atoms with Crippen LogP contribution in [0.15, 0.2) is 17.5 Å². The van der Waals surface area contributed by atoms with Gasteiger partial charge in [0.1, 0.15) is 5.41 Å². The van der Waals surface area contributed by atoms with Gasteiger partial charge in [0.2, 0.25) is 0 Å². The van der Waals surface area contributed by atoms with Crippen molar-refractivity contribution in [3.63, 3.8) is 0 Å². The van der Waals surface area contributed by atoms with Crippen LogP contribution in [0, 0.1) is 11.3 Å². The quantitative estimate of drug-likeness (QED) is 0.781. The molecule has 108 valence electrons. The summed E-state index contributed by atoms with van der Waals surface area (Å²) in [5.74, 6) is -1.66. The van der Waals surface area contributed by atoms with Gasteiger partial charge < -0.3 is 9.84 Å². The van der Waals surface area contributed by atoms with Crippen molar-refractivity contribution in [1.29, 1.82) is 5.26 Å². The number of nitrogens with zero attached hydrogens (tertiary/aromatic N) is 1. The number of thiophene rings is 1. The second-order valence-electron chi connectivity index (χ2n) is 4.63. The third-order valence-electron chi connectivity index (χ3n) is 3.01. The highest BCUT2D eigenvalue weighted by Gasteiger charge is 2.39. The predicted octanol–water partition coefficient (Wildman–Crippen LogP) is 2.72. The highest BCUT2D eigenvalue weighted by molar-refractivity contribution is 7.10. The Morgan fingerprint density at radius 3 is 2.70 bits per heavy atom.